The van der Waals surface area contributed by atoms with Crippen LogP contribution in [0.2, 0.25) is 0 Å². The van der Waals surface area contributed by atoms with E-state index < -0.39 is 6.09 Å². The van der Waals surface area contributed by atoms with E-state index in [9.17, 15) is 9.90 Å². The number of amides is 1. The van der Waals surface area contributed by atoms with E-state index in [1.165, 1.54) is 0 Å². The standard InChI is InChI=1S/C28H24NO4/c1-20-9-8-14-24(27(20)29-28(31)33-19-22-12-6-3-7-13-22)23-15-16-25(30)26(17-23)32-18-21-10-4-2-5-11-21/h2-17,30H,1,18-19H2,(H,29,31). The highest BCUT2D eigenvalue weighted by Crippen LogP contribution is 2.36. The van der Waals surface area contributed by atoms with Gasteiger partial charge in [0.05, 0.1) is 5.69 Å². The molecular weight excluding hydrogens is 414 g/mol. The highest BCUT2D eigenvalue weighted by molar-refractivity contribution is 5.93. The number of benzene rings is 4. The number of carbonyl (C=O) groups excluding carboxylic acids is 1. The molecule has 4 aromatic carbocycles. The number of phenolic OH excluding ortho intramolecular Hbond substituents is 1. The van der Waals surface area contributed by atoms with Gasteiger partial charge in [-0.05, 0) is 41.3 Å². The number of para-hydroxylation sites is 1. The third-order valence-corrected chi connectivity index (χ3v) is 5.10. The van der Waals surface area contributed by atoms with Crippen LogP contribution >= 0.6 is 0 Å². The number of anilines is 1. The summed E-state index contributed by atoms with van der Waals surface area (Å²) in [7, 11) is 0. The number of hydrogen-bond donors (Lipinski definition) is 2. The van der Waals surface area contributed by atoms with Crippen LogP contribution in [0.3, 0.4) is 0 Å². The Morgan fingerprint density at radius 3 is 2.18 bits per heavy atom. The van der Waals surface area contributed by atoms with E-state index in [0.29, 0.717) is 23.6 Å². The minimum atomic E-state index is -0.574. The second-order valence-corrected chi connectivity index (χ2v) is 7.48. The van der Waals surface area contributed by atoms with Crippen molar-refractivity contribution in [1.82, 2.24) is 0 Å². The molecule has 0 spiro atoms. The van der Waals surface area contributed by atoms with Crippen molar-refractivity contribution in [2.45, 2.75) is 13.2 Å². The van der Waals surface area contributed by atoms with E-state index in [1.54, 1.807) is 18.2 Å². The van der Waals surface area contributed by atoms with E-state index in [0.717, 1.165) is 22.3 Å². The first-order chi connectivity index (χ1) is 16.1. The van der Waals surface area contributed by atoms with Gasteiger partial charge in [-0.15, -0.1) is 0 Å². The molecule has 4 rings (SSSR count). The maximum atomic E-state index is 12.5. The molecule has 0 unspecified atom stereocenters. The third kappa shape index (κ3) is 5.71. The zero-order valence-electron chi connectivity index (χ0n) is 18.0. The van der Waals surface area contributed by atoms with Crippen LogP contribution < -0.4 is 10.1 Å². The Bertz CT molecular complexity index is 1220. The van der Waals surface area contributed by atoms with Gasteiger partial charge in [-0.3, -0.25) is 5.32 Å². The second-order valence-electron chi connectivity index (χ2n) is 7.48. The minimum absolute atomic E-state index is 0.0391. The van der Waals surface area contributed by atoms with Crippen molar-refractivity contribution in [3.05, 3.63) is 121 Å². The molecule has 0 atom stereocenters. The van der Waals surface area contributed by atoms with Crippen molar-refractivity contribution in [2.24, 2.45) is 0 Å². The lowest BCUT2D eigenvalue weighted by Gasteiger charge is -2.16. The molecule has 0 fully saturated rings. The molecule has 4 aromatic rings. The van der Waals surface area contributed by atoms with Crippen molar-refractivity contribution in [3.8, 4) is 22.6 Å². The molecule has 1 amide bonds. The van der Waals surface area contributed by atoms with Crippen LogP contribution in [0.25, 0.3) is 11.1 Å². The topological polar surface area (TPSA) is 67.8 Å². The number of rotatable bonds is 7. The SMILES string of the molecule is [CH2]c1cccc(-c2ccc(O)c(OCc3ccccc3)c2)c1NC(=O)OCc1ccccc1. The Balaban J connectivity index is 1.53. The molecule has 2 N–H and O–H groups in total. The number of hydrogen-bond acceptors (Lipinski definition) is 4. The average molecular weight is 439 g/mol. The van der Waals surface area contributed by atoms with Crippen molar-refractivity contribution >= 4 is 11.8 Å². The van der Waals surface area contributed by atoms with Crippen LogP contribution in [-0.4, -0.2) is 11.2 Å². The summed E-state index contributed by atoms with van der Waals surface area (Å²) in [6, 6.07) is 29.8. The van der Waals surface area contributed by atoms with Crippen LogP contribution in [0.5, 0.6) is 11.5 Å². The Morgan fingerprint density at radius 2 is 1.48 bits per heavy atom. The van der Waals surface area contributed by atoms with Crippen molar-refractivity contribution in [3.63, 3.8) is 0 Å². The Hall–Kier alpha value is -4.25. The first-order valence-corrected chi connectivity index (χ1v) is 10.5. The number of aromatic hydroxyl groups is 1. The third-order valence-electron chi connectivity index (χ3n) is 5.10. The van der Waals surface area contributed by atoms with E-state index in [1.807, 2.05) is 78.9 Å². The van der Waals surface area contributed by atoms with Crippen LogP contribution in [0.1, 0.15) is 16.7 Å². The van der Waals surface area contributed by atoms with Crippen molar-refractivity contribution in [1.29, 1.82) is 0 Å². The van der Waals surface area contributed by atoms with E-state index >= 15 is 0 Å². The van der Waals surface area contributed by atoms with Gasteiger partial charge in [0.1, 0.15) is 13.2 Å². The summed E-state index contributed by atoms with van der Waals surface area (Å²) in [5, 5.41) is 13.1. The molecule has 5 nitrogen and oxygen atoms in total. The molecule has 0 saturated heterocycles. The number of ether oxygens (including phenoxy) is 2. The fourth-order valence-corrected chi connectivity index (χ4v) is 3.38. The summed E-state index contributed by atoms with van der Waals surface area (Å²) in [6.45, 7) is 4.53. The molecule has 165 valence electrons. The second kappa shape index (κ2) is 10.4. The quantitative estimate of drug-likeness (QED) is 0.342. The maximum absolute atomic E-state index is 12.5. The zero-order chi connectivity index (χ0) is 23.0. The van der Waals surface area contributed by atoms with Crippen LogP contribution in [0, 0.1) is 6.92 Å². The summed E-state index contributed by atoms with van der Waals surface area (Å²) in [6.07, 6.45) is -0.574. The van der Waals surface area contributed by atoms with Crippen molar-refractivity contribution in [2.75, 3.05) is 5.32 Å². The van der Waals surface area contributed by atoms with Crippen molar-refractivity contribution < 1.29 is 19.4 Å². The first kappa shape index (κ1) is 22.0. The van der Waals surface area contributed by atoms with Crippen LogP contribution in [0.15, 0.2) is 97.1 Å². The molecule has 33 heavy (non-hydrogen) atoms. The highest BCUT2D eigenvalue weighted by Gasteiger charge is 2.14. The lowest BCUT2D eigenvalue weighted by Crippen LogP contribution is -2.15. The number of phenols is 1. The molecule has 0 bridgehead atoms. The molecule has 5 heteroatoms. The molecule has 0 aliphatic heterocycles. The van der Waals surface area contributed by atoms with E-state index in [-0.39, 0.29) is 12.4 Å². The molecule has 0 saturated carbocycles. The largest absolute Gasteiger partial charge is 0.504 e. The lowest BCUT2D eigenvalue weighted by atomic mass is 10.00. The molecule has 1 radical (unpaired) electrons. The first-order valence-electron chi connectivity index (χ1n) is 10.5. The maximum Gasteiger partial charge on any atom is 0.411 e. The Labute approximate surface area is 193 Å². The van der Waals surface area contributed by atoms with Gasteiger partial charge in [0.2, 0.25) is 0 Å². The highest BCUT2D eigenvalue weighted by atomic mass is 16.5. The van der Waals surface area contributed by atoms with Crippen LogP contribution in [0.4, 0.5) is 10.5 Å². The van der Waals surface area contributed by atoms with Crippen LogP contribution in [-0.2, 0) is 18.0 Å². The summed E-state index contributed by atoms with van der Waals surface area (Å²) in [5.41, 5.74) is 4.57. The van der Waals surface area contributed by atoms with Gasteiger partial charge in [0, 0.05) is 5.56 Å². The van der Waals surface area contributed by atoms with Gasteiger partial charge < -0.3 is 14.6 Å². The van der Waals surface area contributed by atoms with Gasteiger partial charge in [-0.2, -0.15) is 0 Å². The predicted octanol–water partition coefficient (Wildman–Crippen LogP) is 6.57. The van der Waals surface area contributed by atoms with E-state index in [4.69, 9.17) is 9.47 Å². The molecule has 0 aliphatic carbocycles. The number of carbonyl (C=O) groups is 1. The number of nitrogens with one attached hydrogen (secondary N) is 1. The average Bonchev–Trinajstić information content (AvgIpc) is 2.85. The normalized spacial score (nSPS) is 10.5. The molecule has 0 aromatic heterocycles. The summed E-state index contributed by atoms with van der Waals surface area (Å²) < 4.78 is 11.2. The molecular formula is C28H24NO4. The van der Waals surface area contributed by atoms with Gasteiger partial charge in [-0.1, -0.05) is 84.9 Å². The summed E-state index contributed by atoms with van der Waals surface area (Å²) >= 11 is 0. The fraction of sp³-hybridized carbons (Fsp3) is 0.0714. The zero-order valence-corrected chi connectivity index (χ0v) is 18.0. The molecule has 0 heterocycles. The minimum Gasteiger partial charge on any atom is -0.504 e. The monoisotopic (exact) mass is 438 g/mol. The lowest BCUT2D eigenvalue weighted by molar-refractivity contribution is 0.155. The fourth-order valence-electron chi connectivity index (χ4n) is 3.38. The Morgan fingerprint density at radius 1 is 0.818 bits per heavy atom. The predicted molar refractivity (Wildman–Crippen MR) is 129 cm³/mol. The molecule has 0 aliphatic rings. The van der Waals surface area contributed by atoms with Gasteiger partial charge in [0.15, 0.2) is 11.5 Å². The van der Waals surface area contributed by atoms with Gasteiger partial charge in [-0.25, -0.2) is 4.79 Å². The van der Waals surface area contributed by atoms with Gasteiger partial charge >= 0.3 is 6.09 Å². The summed E-state index contributed by atoms with van der Waals surface area (Å²) in [5.74, 6) is 0.390. The van der Waals surface area contributed by atoms with E-state index in [2.05, 4.69) is 12.2 Å². The smallest absolute Gasteiger partial charge is 0.411 e. The summed E-state index contributed by atoms with van der Waals surface area (Å²) in [4.78, 5) is 12.5. The van der Waals surface area contributed by atoms with Gasteiger partial charge in [0.25, 0.3) is 0 Å². The Kier molecular flexibility index (Phi) is 6.90.